The summed E-state index contributed by atoms with van der Waals surface area (Å²) in [4.78, 5) is 7.92. The van der Waals surface area contributed by atoms with Gasteiger partial charge in [-0.1, -0.05) is 0 Å². The summed E-state index contributed by atoms with van der Waals surface area (Å²) < 4.78 is 1.15. The highest BCUT2D eigenvalue weighted by Gasteiger charge is 2.21. The molecule has 0 bridgehead atoms. The summed E-state index contributed by atoms with van der Waals surface area (Å²) in [5.41, 5.74) is 9.00. The maximum Gasteiger partial charge on any atom is 0.126 e. The number of nitrogens with one attached hydrogen (secondary N) is 2. The number of nitrogen functional groups attached to an aromatic ring is 1. The fraction of sp³-hybridized carbons (Fsp3) is 0.333. The van der Waals surface area contributed by atoms with Gasteiger partial charge in [0.25, 0.3) is 0 Å². The molecule has 6 nitrogen and oxygen atoms in total. The zero-order chi connectivity index (χ0) is 15.1. The van der Waals surface area contributed by atoms with Crippen LogP contribution in [-0.2, 0) is 0 Å². The van der Waals surface area contributed by atoms with E-state index in [1.165, 1.54) is 0 Å². The molecule has 0 aromatic carbocycles. The van der Waals surface area contributed by atoms with E-state index in [2.05, 4.69) is 38.5 Å². The van der Waals surface area contributed by atoms with E-state index < -0.39 is 0 Å². The standard InChI is InChI=1S/C15H18N6S/c1-21-5-3-9(8-21)18-12-7-14(16)19-11-6-13(22-15(11)12)10-2-4-17-20-10/h2,4,6-7,9H,3,5,8H2,1H3,(H,17,20)(H3,16,18,19)/t9-/m0/s1. The minimum atomic E-state index is 0.465. The lowest BCUT2D eigenvalue weighted by Crippen LogP contribution is -2.23. The van der Waals surface area contributed by atoms with Gasteiger partial charge in [-0.05, 0) is 32.1 Å². The van der Waals surface area contributed by atoms with Crippen molar-refractivity contribution in [3.63, 3.8) is 0 Å². The number of likely N-dealkylation sites (tertiary alicyclic amines) is 1. The number of nitrogens with zero attached hydrogens (tertiary/aromatic N) is 3. The summed E-state index contributed by atoms with van der Waals surface area (Å²) in [5.74, 6) is 0.551. The third-order valence-electron chi connectivity index (χ3n) is 4.02. The van der Waals surface area contributed by atoms with Crippen molar-refractivity contribution in [1.29, 1.82) is 0 Å². The van der Waals surface area contributed by atoms with Crippen molar-refractivity contribution in [2.24, 2.45) is 0 Å². The molecule has 0 aliphatic carbocycles. The van der Waals surface area contributed by atoms with Crippen LogP contribution >= 0.6 is 11.3 Å². The largest absolute Gasteiger partial charge is 0.384 e. The highest BCUT2D eigenvalue weighted by molar-refractivity contribution is 7.22. The predicted molar refractivity (Wildman–Crippen MR) is 91.1 cm³/mol. The Bertz CT molecular complexity index is 794. The molecule has 0 radical (unpaired) electrons. The minimum Gasteiger partial charge on any atom is -0.384 e. The van der Waals surface area contributed by atoms with E-state index in [0.29, 0.717) is 11.9 Å². The van der Waals surface area contributed by atoms with E-state index in [9.17, 15) is 0 Å². The van der Waals surface area contributed by atoms with Crippen LogP contribution < -0.4 is 11.1 Å². The van der Waals surface area contributed by atoms with Gasteiger partial charge in [0.05, 0.1) is 26.5 Å². The number of H-pyrrole nitrogens is 1. The Kier molecular flexibility index (Phi) is 3.24. The molecular formula is C15H18N6S. The number of hydrogen-bond donors (Lipinski definition) is 3. The molecule has 0 amide bonds. The highest BCUT2D eigenvalue weighted by Crippen LogP contribution is 2.37. The van der Waals surface area contributed by atoms with Crippen LogP contribution in [0.15, 0.2) is 24.4 Å². The van der Waals surface area contributed by atoms with Crippen molar-refractivity contribution in [1.82, 2.24) is 20.1 Å². The summed E-state index contributed by atoms with van der Waals surface area (Å²) in [7, 11) is 2.15. The topological polar surface area (TPSA) is 82.9 Å². The van der Waals surface area contributed by atoms with Gasteiger partial charge in [-0.3, -0.25) is 5.10 Å². The van der Waals surface area contributed by atoms with E-state index >= 15 is 0 Å². The Labute approximate surface area is 132 Å². The van der Waals surface area contributed by atoms with Gasteiger partial charge in [-0.25, -0.2) is 4.98 Å². The molecule has 1 aliphatic heterocycles. The molecule has 4 heterocycles. The van der Waals surface area contributed by atoms with E-state index in [0.717, 1.165) is 46.0 Å². The van der Waals surface area contributed by atoms with Crippen LogP contribution in [-0.4, -0.2) is 46.3 Å². The Morgan fingerprint density at radius 1 is 1.45 bits per heavy atom. The molecular weight excluding hydrogens is 296 g/mol. The van der Waals surface area contributed by atoms with Gasteiger partial charge < -0.3 is 16.0 Å². The molecule has 22 heavy (non-hydrogen) atoms. The molecule has 3 aromatic rings. The lowest BCUT2D eigenvalue weighted by atomic mass is 10.2. The van der Waals surface area contributed by atoms with Crippen molar-refractivity contribution in [2.45, 2.75) is 12.5 Å². The number of nitrogens with two attached hydrogens (primary N) is 1. The first-order chi connectivity index (χ1) is 10.7. The number of aromatic nitrogens is 3. The number of anilines is 2. The normalized spacial score (nSPS) is 19.0. The van der Waals surface area contributed by atoms with Crippen LogP contribution in [0.4, 0.5) is 11.5 Å². The van der Waals surface area contributed by atoms with Crippen LogP contribution in [0.25, 0.3) is 20.8 Å². The summed E-state index contributed by atoms with van der Waals surface area (Å²) in [6.07, 6.45) is 2.91. The molecule has 4 rings (SSSR count). The number of likely N-dealkylation sites (N-methyl/N-ethyl adjacent to an activating group) is 1. The highest BCUT2D eigenvalue weighted by atomic mass is 32.1. The fourth-order valence-corrected chi connectivity index (χ4v) is 4.00. The molecule has 1 atom stereocenters. The second-order valence-corrected chi connectivity index (χ2v) is 6.83. The second kappa shape index (κ2) is 5.26. The molecule has 1 fully saturated rings. The third kappa shape index (κ3) is 2.42. The number of rotatable bonds is 3. The van der Waals surface area contributed by atoms with Crippen LogP contribution in [0.1, 0.15) is 6.42 Å². The van der Waals surface area contributed by atoms with Crippen molar-refractivity contribution < 1.29 is 0 Å². The quantitative estimate of drug-likeness (QED) is 0.691. The van der Waals surface area contributed by atoms with Gasteiger partial charge in [0.2, 0.25) is 0 Å². The molecule has 0 spiro atoms. The zero-order valence-corrected chi connectivity index (χ0v) is 13.2. The smallest absolute Gasteiger partial charge is 0.126 e. The predicted octanol–water partition coefficient (Wildman–Crippen LogP) is 2.38. The van der Waals surface area contributed by atoms with Crippen molar-refractivity contribution >= 4 is 33.1 Å². The Morgan fingerprint density at radius 3 is 3.09 bits per heavy atom. The summed E-state index contributed by atoms with van der Waals surface area (Å²) in [5, 5.41) is 10.7. The lowest BCUT2D eigenvalue weighted by Gasteiger charge is -2.15. The number of hydrogen-bond acceptors (Lipinski definition) is 6. The first kappa shape index (κ1) is 13.5. The summed E-state index contributed by atoms with van der Waals surface area (Å²) in [6, 6.07) is 6.43. The maximum atomic E-state index is 5.98. The molecule has 3 aromatic heterocycles. The van der Waals surface area contributed by atoms with Crippen molar-refractivity contribution in [3.05, 3.63) is 24.4 Å². The van der Waals surface area contributed by atoms with E-state index in [1.54, 1.807) is 17.5 Å². The van der Waals surface area contributed by atoms with E-state index in [-0.39, 0.29) is 0 Å². The zero-order valence-electron chi connectivity index (χ0n) is 12.3. The average Bonchev–Trinajstić information content (AvgIpc) is 3.18. The molecule has 1 saturated heterocycles. The molecule has 114 valence electrons. The summed E-state index contributed by atoms with van der Waals surface area (Å²) in [6.45, 7) is 2.19. The van der Waals surface area contributed by atoms with E-state index in [4.69, 9.17) is 5.73 Å². The van der Waals surface area contributed by atoms with Gasteiger partial charge in [0.15, 0.2) is 0 Å². The first-order valence-corrected chi connectivity index (χ1v) is 8.15. The molecule has 1 aliphatic rings. The van der Waals surface area contributed by atoms with Gasteiger partial charge in [0, 0.05) is 24.8 Å². The van der Waals surface area contributed by atoms with Crippen LogP contribution in [0.2, 0.25) is 0 Å². The van der Waals surface area contributed by atoms with Gasteiger partial charge >= 0.3 is 0 Å². The molecule has 4 N–H and O–H groups in total. The van der Waals surface area contributed by atoms with Gasteiger partial charge in [-0.15, -0.1) is 11.3 Å². The van der Waals surface area contributed by atoms with Crippen LogP contribution in [0, 0.1) is 0 Å². The van der Waals surface area contributed by atoms with Gasteiger partial charge in [-0.2, -0.15) is 5.10 Å². The average molecular weight is 314 g/mol. The van der Waals surface area contributed by atoms with E-state index in [1.807, 2.05) is 12.1 Å². The Balaban J connectivity index is 1.73. The van der Waals surface area contributed by atoms with Crippen LogP contribution in [0.5, 0.6) is 0 Å². The van der Waals surface area contributed by atoms with Gasteiger partial charge in [0.1, 0.15) is 5.82 Å². The number of aromatic amines is 1. The lowest BCUT2D eigenvalue weighted by molar-refractivity contribution is 0.414. The first-order valence-electron chi connectivity index (χ1n) is 7.34. The Morgan fingerprint density at radius 2 is 2.36 bits per heavy atom. The number of pyridine rings is 1. The SMILES string of the molecule is CN1CC[C@H](Nc2cc(N)nc3cc(-c4ccn[nH]4)sc23)C1. The molecule has 0 unspecified atom stereocenters. The Hall–Kier alpha value is -2.12. The molecule has 7 heteroatoms. The van der Waals surface area contributed by atoms with Crippen LogP contribution in [0.3, 0.4) is 0 Å². The second-order valence-electron chi connectivity index (χ2n) is 5.78. The van der Waals surface area contributed by atoms with Crippen molar-refractivity contribution in [2.75, 3.05) is 31.2 Å². The third-order valence-corrected chi connectivity index (χ3v) is 5.21. The number of thiophene rings is 1. The summed E-state index contributed by atoms with van der Waals surface area (Å²) >= 11 is 1.71. The number of fused-ring (bicyclic) bond motifs is 1. The fourth-order valence-electron chi connectivity index (χ4n) is 2.95. The monoisotopic (exact) mass is 314 g/mol. The molecule has 0 saturated carbocycles. The van der Waals surface area contributed by atoms with Crippen molar-refractivity contribution in [3.8, 4) is 10.6 Å². The maximum absolute atomic E-state index is 5.98. The minimum absolute atomic E-state index is 0.465.